The Balaban J connectivity index is 2.97. The molecule has 1 rings (SSSR count). The first-order valence-electron chi connectivity index (χ1n) is 8.59. The Morgan fingerprint density at radius 2 is 1.59 bits per heavy atom. The molecule has 1 aliphatic carbocycles. The summed E-state index contributed by atoms with van der Waals surface area (Å²) in [6.45, 7) is 11.2. The van der Waals surface area contributed by atoms with Crippen molar-refractivity contribution in [1.29, 1.82) is 0 Å². The summed E-state index contributed by atoms with van der Waals surface area (Å²) in [5.41, 5.74) is 0. The third-order valence-corrected chi connectivity index (χ3v) is 9.93. The van der Waals surface area contributed by atoms with E-state index in [1.807, 2.05) is 12.2 Å². The van der Waals surface area contributed by atoms with Crippen LogP contribution in [0.5, 0.6) is 0 Å². The van der Waals surface area contributed by atoms with Crippen molar-refractivity contribution in [2.75, 3.05) is 13.9 Å². The van der Waals surface area contributed by atoms with Crippen LogP contribution in [0.2, 0.25) is 18.1 Å². The van der Waals surface area contributed by atoms with Crippen LogP contribution in [0, 0.1) is 11.8 Å². The average molecular weight is 331 g/mol. The second kappa shape index (κ2) is 9.18. The molecule has 0 aliphatic heterocycles. The van der Waals surface area contributed by atoms with Crippen molar-refractivity contribution in [1.82, 2.24) is 0 Å². The van der Waals surface area contributed by atoms with Crippen LogP contribution < -0.4 is 0 Å². The lowest BCUT2D eigenvalue weighted by molar-refractivity contribution is -0.0928. The predicted molar refractivity (Wildman–Crippen MR) is 92.3 cm³/mol. The summed E-state index contributed by atoms with van der Waals surface area (Å²) in [5, 5.41) is 10.4. The summed E-state index contributed by atoms with van der Waals surface area (Å²) in [5.74, 6) is 0.258. The van der Waals surface area contributed by atoms with Gasteiger partial charge in [0.2, 0.25) is 0 Å². The van der Waals surface area contributed by atoms with Crippen LogP contribution in [-0.4, -0.2) is 45.6 Å². The van der Waals surface area contributed by atoms with Crippen LogP contribution in [0.3, 0.4) is 0 Å². The van der Waals surface area contributed by atoms with Gasteiger partial charge in [-0.15, -0.1) is 0 Å². The number of hydrogen-bond acceptors (Lipinski definition) is 4. The van der Waals surface area contributed by atoms with Gasteiger partial charge in [0, 0.05) is 18.9 Å². The molecule has 0 heterocycles. The quantitative estimate of drug-likeness (QED) is 0.420. The van der Waals surface area contributed by atoms with Gasteiger partial charge in [-0.25, -0.2) is 0 Å². The second-order valence-corrected chi connectivity index (χ2v) is 11.2. The van der Waals surface area contributed by atoms with Crippen molar-refractivity contribution in [2.45, 2.75) is 71.1 Å². The van der Waals surface area contributed by atoms with E-state index in [1.165, 1.54) is 0 Å². The fourth-order valence-electron chi connectivity index (χ4n) is 3.29. The first-order chi connectivity index (χ1) is 10.4. The molecule has 0 aromatic heterocycles. The highest BCUT2D eigenvalue weighted by molar-refractivity contribution is 6.73. The number of aliphatic hydroxyl groups excluding tert-OH is 1. The van der Waals surface area contributed by atoms with Crippen molar-refractivity contribution in [3.05, 3.63) is 12.2 Å². The highest BCUT2D eigenvalue weighted by Gasteiger charge is 2.41. The molecule has 5 atom stereocenters. The van der Waals surface area contributed by atoms with E-state index in [9.17, 15) is 5.11 Å². The number of rotatable bonds is 8. The van der Waals surface area contributed by atoms with Gasteiger partial charge in [-0.05, 0) is 18.1 Å². The van der Waals surface area contributed by atoms with E-state index >= 15 is 0 Å². The summed E-state index contributed by atoms with van der Waals surface area (Å²) >= 11 is 0. The summed E-state index contributed by atoms with van der Waals surface area (Å²) in [7, 11) is -0.102. The number of ether oxygens (including phenoxy) is 2. The molecule has 1 N–H and O–H groups in total. The molecular formula is C17H34O4Si. The highest BCUT2D eigenvalue weighted by Crippen LogP contribution is 2.34. The van der Waals surface area contributed by atoms with Crippen LogP contribution >= 0.6 is 0 Å². The van der Waals surface area contributed by atoms with Gasteiger partial charge in [0.05, 0.1) is 18.3 Å². The largest absolute Gasteiger partial charge is 0.413 e. The lowest BCUT2D eigenvalue weighted by atomic mass is 9.89. The molecule has 22 heavy (non-hydrogen) atoms. The molecule has 0 amide bonds. The summed E-state index contributed by atoms with van der Waals surface area (Å²) in [4.78, 5) is 0. The zero-order valence-electron chi connectivity index (χ0n) is 15.0. The minimum absolute atomic E-state index is 0.0124. The van der Waals surface area contributed by atoms with Gasteiger partial charge in [-0.3, -0.25) is 0 Å². The van der Waals surface area contributed by atoms with Crippen molar-refractivity contribution in [2.24, 2.45) is 11.8 Å². The van der Waals surface area contributed by atoms with Gasteiger partial charge in [0.1, 0.15) is 6.79 Å². The topological polar surface area (TPSA) is 47.9 Å². The fourth-order valence-corrected chi connectivity index (χ4v) is 6.30. The Morgan fingerprint density at radius 3 is 2.09 bits per heavy atom. The van der Waals surface area contributed by atoms with E-state index in [4.69, 9.17) is 13.9 Å². The summed E-state index contributed by atoms with van der Waals surface area (Å²) in [6, 6.07) is 3.34. The highest BCUT2D eigenvalue weighted by atomic mass is 28.4. The van der Waals surface area contributed by atoms with E-state index in [-0.39, 0.29) is 30.8 Å². The molecule has 0 unspecified atom stereocenters. The van der Waals surface area contributed by atoms with E-state index < -0.39 is 14.4 Å². The number of hydrogen-bond donors (Lipinski definition) is 1. The number of methoxy groups -OCH3 is 1. The maximum atomic E-state index is 10.4. The van der Waals surface area contributed by atoms with Crippen LogP contribution in [0.1, 0.15) is 34.6 Å². The Labute approximate surface area is 137 Å². The SMILES string of the molecule is CC[Si](CC)(CC)O[C@H]1[C@@H](C)[C@H](OCOC)C=C[C@@H](O)[C@H]1C. The average Bonchev–Trinajstić information content (AvgIpc) is 2.63. The fraction of sp³-hybridized carbons (Fsp3) is 0.882. The number of aliphatic hydroxyl groups is 1. The maximum Gasteiger partial charge on any atom is 0.192 e. The molecule has 0 fully saturated rings. The molecular weight excluding hydrogens is 296 g/mol. The van der Waals surface area contributed by atoms with Crippen molar-refractivity contribution in [3.8, 4) is 0 Å². The van der Waals surface area contributed by atoms with Gasteiger partial charge in [-0.1, -0.05) is 46.8 Å². The van der Waals surface area contributed by atoms with E-state index in [0.29, 0.717) is 0 Å². The molecule has 0 radical (unpaired) electrons. The van der Waals surface area contributed by atoms with E-state index in [1.54, 1.807) is 7.11 Å². The smallest absolute Gasteiger partial charge is 0.192 e. The third kappa shape index (κ3) is 4.65. The molecule has 4 nitrogen and oxygen atoms in total. The molecule has 5 heteroatoms. The van der Waals surface area contributed by atoms with E-state index in [0.717, 1.165) is 18.1 Å². The van der Waals surface area contributed by atoms with Gasteiger partial charge in [-0.2, -0.15) is 0 Å². The first kappa shape index (κ1) is 19.8. The van der Waals surface area contributed by atoms with Gasteiger partial charge in [0.15, 0.2) is 8.32 Å². The minimum Gasteiger partial charge on any atom is -0.413 e. The third-order valence-electron chi connectivity index (χ3n) is 5.29. The van der Waals surface area contributed by atoms with Gasteiger partial charge in [0.25, 0.3) is 0 Å². The Kier molecular flexibility index (Phi) is 8.28. The molecule has 0 spiro atoms. The molecule has 0 saturated heterocycles. The van der Waals surface area contributed by atoms with Crippen molar-refractivity contribution >= 4 is 8.32 Å². The zero-order chi connectivity index (χ0) is 16.8. The standard InChI is InChI=1S/C17H34O4Si/c1-7-22(8-2,9-3)21-17-13(4)15(18)10-11-16(14(17)5)20-12-19-6/h10-11,13-18H,7-9,12H2,1-6H3/t13-,14+,15-,16-,17-/m1/s1. The minimum atomic E-state index is -1.73. The zero-order valence-corrected chi connectivity index (χ0v) is 16.0. The predicted octanol–water partition coefficient (Wildman–Crippen LogP) is 3.57. The lowest BCUT2D eigenvalue weighted by Gasteiger charge is -2.40. The Hall–Kier alpha value is -0.203. The van der Waals surface area contributed by atoms with Gasteiger partial charge >= 0.3 is 0 Å². The van der Waals surface area contributed by atoms with Crippen LogP contribution in [0.15, 0.2) is 12.2 Å². The molecule has 0 aromatic carbocycles. The summed E-state index contributed by atoms with van der Waals surface area (Å²) < 4.78 is 17.5. The van der Waals surface area contributed by atoms with E-state index in [2.05, 4.69) is 34.6 Å². The van der Waals surface area contributed by atoms with Crippen molar-refractivity contribution < 1.29 is 19.0 Å². The molecule has 130 valence electrons. The van der Waals surface area contributed by atoms with Crippen LogP contribution in [0.25, 0.3) is 0 Å². The Bertz CT molecular complexity index is 335. The monoisotopic (exact) mass is 330 g/mol. The second-order valence-electron chi connectivity index (χ2n) is 6.46. The molecule has 1 aliphatic rings. The Morgan fingerprint density at radius 1 is 1.00 bits per heavy atom. The summed E-state index contributed by atoms with van der Waals surface area (Å²) in [6.07, 6.45) is 3.25. The molecule has 0 bridgehead atoms. The lowest BCUT2D eigenvalue weighted by Crippen LogP contribution is -2.48. The normalized spacial score (nSPS) is 33.0. The molecule has 0 aromatic rings. The van der Waals surface area contributed by atoms with Crippen molar-refractivity contribution in [3.63, 3.8) is 0 Å². The van der Waals surface area contributed by atoms with Gasteiger partial charge < -0.3 is 19.0 Å². The maximum absolute atomic E-state index is 10.4. The first-order valence-corrected chi connectivity index (χ1v) is 11.1. The van der Waals surface area contributed by atoms with Crippen LogP contribution in [-0.2, 0) is 13.9 Å². The van der Waals surface area contributed by atoms with Crippen LogP contribution in [0.4, 0.5) is 0 Å². The molecule has 0 saturated carbocycles.